The van der Waals surface area contributed by atoms with E-state index in [9.17, 15) is 4.79 Å². The first-order valence-corrected chi connectivity index (χ1v) is 8.64. The summed E-state index contributed by atoms with van der Waals surface area (Å²) in [5.41, 5.74) is 0. The van der Waals surface area contributed by atoms with Gasteiger partial charge in [0, 0.05) is 6.42 Å². The fraction of sp³-hybridized carbons (Fsp3) is 0.737. The molecule has 0 saturated carbocycles. The zero-order valence-corrected chi connectivity index (χ0v) is 13.9. The summed E-state index contributed by atoms with van der Waals surface area (Å²) in [6.07, 6.45) is 22.0. The van der Waals surface area contributed by atoms with Crippen molar-refractivity contribution in [1.82, 2.24) is 0 Å². The van der Waals surface area contributed by atoms with E-state index in [1.165, 1.54) is 64.9 Å². The molecule has 0 atom stereocenters. The summed E-state index contributed by atoms with van der Waals surface area (Å²) in [4.78, 5) is 10.9. The highest BCUT2D eigenvalue weighted by atomic mass is 16.5. The second kappa shape index (κ2) is 17.0. The molecule has 2 heteroatoms. The summed E-state index contributed by atoms with van der Waals surface area (Å²) in [5, 5.41) is 0. The molecule has 21 heavy (non-hydrogen) atoms. The van der Waals surface area contributed by atoms with Gasteiger partial charge in [-0.25, -0.2) is 0 Å². The number of hydrogen-bond donors (Lipinski definition) is 0. The summed E-state index contributed by atoms with van der Waals surface area (Å²) in [7, 11) is 1.46. The van der Waals surface area contributed by atoms with Crippen molar-refractivity contribution in [3.05, 3.63) is 24.8 Å². The van der Waals surface area contributed by atoms with Crippen LogP contribution in [0.4, 0.5) is 0 Å². The minimum absolute atomic E-state index is 0.0747. The van der Waals surface area contributed by atoms with Crippen molar-refractivity contribution in [2.24, 2.45) is 0 Å². The quantitative estimate of drug-likeness (QED) is 0.211. The number of carbonyl (C=O) groups is 1. The van der Waals surface area contributed by atoms with Crippen molar-refractivity contribution in [3.63, 3.8) is 0 Å². The highest BCUT2D eigenvalue weighted by molar-refractivity contribution is 5.68. The van der Waals surface area contributed by atoms with Gasteiger partial charge < -0.3 is 4.74 Å². The van der Waals surface area contributed by atoms with Gasteiger partial charge in [-0.05, 0) is 25.7 Å². The van der Waals surface area contributed by atoms with Crippen LogP contribution in [0.3, 0.4) is 0 Å². The predicted octanol–water partition coefficient (Wildman–Crippen LogP) is 5.97. The van der Waals surface area contributed by atoms with Crippen LogP contribution in [-0.2, 0) is 9.53 Å². The molecule has 0 radical (unpaired) electrons. The number of rotatable bonds is 15. The van der Waals surface area contributed by atoms with Crippen LogP contribution in [-0.4, -0.2) is 13.1 Å². The van der Waals surface area contributed by atoms with Crippen molar-refractivity contribution in [2.45, 2.75) is 83.5 Å². The number of methoxy groups -OCH3 is 1. The molecular formula is C19H34O2. The van der Waals surface area contributed by atoms with E-state index in [0.29, 0.717) is 6.42 Å². The van der Waals surface area contributed by atoms with Crippen LogP contribution in [0.1, 0.15) is 83.5 Å². The molecule has 122 valence electrons. The van der Waals surface area contributed by atoms with Crippen molar-refractivity contribution in [2.75, 3.05) is 7.11 Å². The minimum atomic E-state index is -0.0747. The van der Waals surface area contributed by atoms with E-state index in [1.807, 2.05) is 6.08 Å². The first-order valence-electron chi connectivity index (χ1n) is 8.64. The lowest BCUT2D eigenvalue weighted by Crippen LogP contribution is -1.99. The Morgan fingerprint density at radius 3 is 1.90 bits per heavy atom. The molecule has 0 aliphatic rings. The largest absolute Gasteiger partial charge is 0.469 e. The molecule has 0 aromatic carbocycles. The van der Waals surface area contributed by atoms with Gasteiger partial charge in [-0.1, -0.05) is 69.6 Å². The van der Waals surface area contributed by atoms with Crippen molar-refractivity contribution in [1.29, 1.82) is 0 Å². The first-order chi connectivity index (χ1) is 10.3. The van der Waals surface area contributed by atoms with Gasteiger partial charge in [0.2, 0.25) is 0 Å². The number of carbonyl (C=O) groups excluding carboxylic acids is 1. The Morgan fingerprint density at radius 2 is 1.38 bits per heavy atom. The molecule has 0 fully saturated rings. The standard InChI is InChI=1S/C19H34O2/c1-3-4-5-6-7-8-9-10-11-12-13-14-15-16-17-18-19(20)21-2/h3,5-6H,1,4,7-18H2,2H3. The van der Waals surface area contributed by atoms with Crippen molar-refractivity contribution >= 4 is 5.97 Å². The SMILES string of the molecule is C=CCC=CCCCCCCCCCCCCC(=O)OC. The normalized spacial score (nSPS) is 10.9. The van der Waals surface area contributed by atoms with E-state index in [0.717, 1.165) is 19.3 Å². The molecule has 0 saturated heterocycles. The van der Waals surface area contributed by atoms with Crippen LogP contribution in [0.2, 0.25) is 0 Å². The van der Waals surface area contributed by atoms with E-state index < -0.39 is 0 Å². The minimum Gasteiger partial charge on any atom is -0.469 e. The topological polar surface area (TPSA) is 26.3 Å². The van der Waals surface area contributed by atoms with E-state index in [-0.39, 0.29) is 5.97 Å². The third-order valence-electron chi connectivity index (χ3n) is 3.70. The van der Waals surface area contributed by atoms with E-state index >= 15 is 0 Å². The van der Waals surface area contributed by atoms with Crippen LogP contribution in [0.5, 0.6) is 0 Å². The van der Waals surface area contributed by atoms with Gasteiger partial charge >= 0.3 is 5.97 Å². The molecule has 0 rings (SSSR count). The van der Waals surface area contributed by atoms with E-state index in [1.54, 1.807) is 0 Å². The van der Waals surface area contributed by atoms with Gasteiger partial charge in [0.25, 0.3) is 0 Å². The lowest BCUT2D eigenvalue weighted by atomic mass is 10.1. The van der Waals surface area contributed by atoms with Crippen LogP contribution in [0.15, 0.2) is 24.8 Å². The molecule has 0 aliphatic carbocycles. The third kappa shape index (κ3) is 16.9. The maximum absolute atomic E-state index is 10.9. The van der Waals surface area contributed by atoms with Gasteiger partial charge in [0.15, 0.2) is 0 Å². The second-order valence-corrected chi connectivity index (χ2v) is 5.65. The summed E-state index contributed by atoms with van der Waals surface area (Å²) in [5.74, 6) is -0.0747. The molecular weight excluding hydrogens is 260 g/mol. The fourth-order valence-electron chi connectivity index (χ4n) is 2.36. The molecule has 0 aromatic heterocycles. The predicted molar refractivity (Wildman–Crippen MR) is 91.4 cm³/mol. The maximum Gasteiger partial charge on any atom is 0.305 e. The number of unbranched alkanes of at least 4 members (excludes halogenated alkanes) is 10. The van der Waals surface area contributed by atoms with E-state index in [4.69, 9.17) is 0 Å². The lowest BCUT2D eigenvalue weighted by Gasteiger charge is -2.02. The zero-order chi connectivity index (χ0) is 15.6. The number of esters is 1. The average molecular weight is 294 g/mol. The summed E-state index contributed by atoms with van der Waals surface area (Å²) >= 11 is 0. The van der Waals surface area contributed by atoms with Gasteiger partial charge in [-0.15, -0.1) is 6.58 Å². The molecule has 0 amide bonds. The van der Waals surface area contributed by atoms with Gasteiger partial charge in [-0.2, -0.15) is 0 Å². The summed E-state index contributed by atoms with van der Waals surface area (Å²) < 4.78 is 4.62. The molecule has 0 bridgehead atoms. The van der Waals surface area contributed by atoms with Gasteiger partial charge in [0.05, 0.1) is 7.11 Å². The lowest BCUT2D eigenvalue weighted by molar-refractivity contribution is -0.140. The Labute approximate surface area is 131 Å². The highest BCUT2D eigenvalue weighted by Gasteiger charge is 1.99. The summed E-state index contributed by atoms with van der Waals surface area (Å²) in [6.45, 7) is 3.70. The van der Waals surface area contributed by atoms with E-state index in [2.05, 4.69) is 23.5 Å². The maximum atomic E-state index is 10.9. The molecule has 0 unspecified atom stereocenters. The molecule has 0 heterocycles. The van der Waals surface area contributed by atoms with Crippen LogP contribution in [0, 0.1) is 0 Å². The number of allylic oxidation sites excluding steroid dienone is 3. The summed E-state index contributed by atoms with van der Waals surface area (Å²) in [6, 6.07) is 0. The Morgan fingerprint density at radius 1 is 0.857 bits per heavy atom. The Kier molecular flexibility index (Phi) is 16.2. The van der Waals surface area contributed by atoms with Crippen molar-refractivity contribution in [3.8, 4) is 0 Å². The Balaban J connectivity index is 3.05. The third-order valence-corrected chi connectivity index (χ3v) is 3.70. The van der Waals surface area contributed by atoms with Crippen LogP contribution < -0.4 is 0 Å². The molecule has 0 aromatic rings. The molecule has 0 spiro atoms. The van der Waals surface area contributed by atoms with Crippen LogP contribution >= 0.6 is 0 Å². The number of ether oxygens (including phenoxy) is 1. The van der Waals surface area contributed by atoms with Gasteiger partial charge in [0.1, 0.15) is 0 Å². The fourth-order valence-corrected chi connectivity index (χ4v) is 2.36. The first kappa shape index (κ1) is 19.9. The zero-order valence-electron chi connectivity index (χ0n) is 13.9. The molecule has 2 nitrogen and oxygen atoms in total. The highest BCUT2D eigenvalue weighted by Crippen LogP contribution is 2.12. The average Bonchev–Trinajstić information content (AvgIpc) is 2.50. The Hall–Kier alpha value is -1.05. The second-order valence-electron chi connectivity index (χ2n) is 5.65. The monoisotopic (exact) mass is 294 g/mol. The smallest absolute Gasteiger partial charge is 0.305 e. The van der Waals surface area contributed by atoms with Crippen LogP contribution in [0.25, 0.3) is 0 Å². The number of hydrogen-bond acceptors (Lipinski definition) is 2. The molecule has 0 N–H and O–H groups in total. The van der Waals surface area contributed by atoms with Crippen molar-refractivity contribution < 1.29 is 9.53 Å². The molecule has 0 aliphatic heterocycles. The van der Waals surface area contributed by atoms with Gasteiger partial charge in [-0.3, -0.25) is 4.79 Å². The Bertz CT molecular complexity index is 269.